The van der Waals surface area contributed by atoms with Crippen molar-refractivity contribution >= 4 is 19.7 Å². The predicted molar refractivity (Wildman–Crippen MR) is 92.2 cm³/mol. The standard InChI is InChI=1S/C15H30N2O2SSi/c1-11(10-18)16-8-13-9-17-14(20-13)12(2)19-21(6,7)15(3,4)5/h9,11-12,16,18H,8,10H2,1-7H3/t11-,12+/m1/s1. The Labute approximate surface area is 134 Å². The highest BCUT2D eigenvalue weighted by Crippen LogP contribution is 2.40. The predicted octanol–water partition coefficient (Wildman–Crippen LogP) is 3.70. The van der Waals surface area contributed by atoms with Crippen LogP contribution in [0.4, 0.5) is 0 Å². The molecule has 0 radical (unpaired) electrons. The van der Waals surface area contributed by atoms with Gasteiger partial charge in [-0.1, -0.05) is 20.8 Å². The summed E-state index contributed by atoms with van der Waals surface area (Å²) >= 11 is 1.69. The Hall–Kier alpha value is -0.273. The van der Waals surface area contributed by atoms with Gasteiger partial charge in [0.1, 0.15) is 5.01 Å². The van der Waals surface area contributed by atoms with Crippen LogP contribution in [0.2, 0.25) is 18.1 Å². The van der Waals surface area contributed by atoms with Crippen molar-refractivity contribution in [3.05, 3.63) is 16.1 Å². The molecule has 0 aliphatic carbocycles. The van der Waals surface area contributed by atoms with Crippen LogP contribution in [-0.4, -0.2) is 31.1 Å². The van der Waals surface area contributed by atoms with E-state index in [0.29, 0.717) is 0 Å². The van der Waals surface area contributed by atoms with Gasteiger partial charge in [-0.15, -0.1) is 11.3 Å². The first-order chi connectivity index (χ1) is 9.56. The minimum Gasteiger partial charge on any atom is -0.408 e. The Bertz CT molecular complexity index is 443. The van der Waals surface area contributed by atoms with E-state index < -0.39 is 8.32 Å². The summed E-state index contributed by atoms with van der Waals surface area (Å²) in [5, 5.41) is 13.5. The Morgan fingerprint density at radius 2 is 2.00 bits per heavy atom. The number of rotatable bonds is 7. The minimum atomic E-state index is -1.77. The van der Waals surface area contributed by atoms with E-state index in [1.807, 2.05) is 13.1 Å². The molecule has 0 aliphatic rings. The van der Waals surface area contributed by atoms with Crippen molar-refractivity contribution in [2.75, 3.05) is 6.61 Å². The number of nitrogens with one attached hydrogen (secondary N) is 1. The first-order valence-corrected chi connectivity index (χ1v) is 11.3. The molecule has 0 aliphatic heterocycles. The lowest BCUT2D eigenvalue weighted by Gasteiger charge is -2.38. The molecule has 0 spiro atoms. The molecular weight excluding hydrogens is 300 g/mol. The van der Waals surface area contributed by atoms with Crippen LogP contribution in [0.3, 0.4) is 0 Å². The first kappa shape index (κ1) is 18.8. The summed E-state index contributed by atoms with van der Waals surface area (Å²) in [6, 6.07) is 0.108. The molecule has 1 aromatic heterocycles. The Kier molecular flexibility index (Phi) is 6.55. The summed E-state index contributed by atoms with van der Waals surface area (Å²) in [6.07, 6.45) is 1.95. The molecule has 0 saturated heterocycles. The number of thiazole rings is 1. The molecule has 0 fully saturated rings. The highest BCUT2D eigenvalue weighted by atomic mass is 32.1. The number of aromatic nitrogens is 1. The fourth-order valence-electron chi connectivity index (χ4n) is 1.60. The molecule has 0 aromatic carbocycles. The quantitative estimate of drug-likeness (QED) is 0.749. The topological polar surface area (TPSA) is 54.4 Å². The highest BCUT2D eigenvalue weighted by Gasteiger charge is 2.39. The van der Waals surface area contributed by atoms with E-state index in [1.165, 1.54) is 4.88 Å². The van der Waals surface area contributed by atoms with Gasteiger partial charge in [0, 0.05) is 23.7 Å². The second kappa shape index (κ2) is 7.33. The third-order valence-electron chi connectivity index (χ3n) is 4.10. The lowest BCUT2D eigenvalue weighted by atomic mass is 10.2. The molecule has 6 heteroatoms. The molecule has 0 bridgehead atoms. The van der Waals surface area contributed by atoms with Crippen LogP contribution >= 0.6 is 11.3 Å². The normalized spacial score (nSPS) is 16.0. The van der Waals surface area contributed by atoms with Gasteiger partial charge in [0.05, 0.1) is 12.7 Å². The van der Waals surface area contributed by atoms with E-state index in [-0.39, 0.29) is 23.8 Å². The van der Waals surface area contributed by atoms with Gasteiger partial charge >= 0.3 is 0 Å². The molecule has 1 rings (SSSR count). The zero-order chi connectivity index (χ0) is 16.3. The van der Waals surface area contributed by atoms with Gasteiger partial charge in [-0.3, -0.25) is 0 Å². The number of hydrogen-bond donors (Lipinski definition) is 2. The average Bonchev–Trinajstić information content (AvgIpc) is 2.82. The molecule has 122 valence electrons. The Balaban J connectivity index is 2.64. The molecular formula is C15H30N2O2SSi. The number of aliphatic hydroxyl groups is 1. The molecule has 4 nitrogen and oxygen atoms in total. The first-order valence-electron chi connectivity index (χ1n) is 7.53. The van der Waals surface area contributed by atoms with Crippen molar-refractivity contribution in [3.63, 3.8) is 0 Å². The van der Waals surface area contributed by atoms with Crippen molar-refractivity contribution in [3.8, 4) is 0 Å². The number of hydrogen-bond acceptors (Lipinski definition) is 5. The summed E-state index contributed by atoms with van der Waals surface area (Å²) in [5.41, 5.74) is 0. The van der Waals surface area contributed by atoms with Crippen molar-refractivity contribution in [1.82, 2.24) is 10.3 Å². The van der Waals surface area contributed by atoms with E-state index in [4.69, 9.17) is 9.53 Å². The molecule has 0 saturated carbocycles. The third-order valence-corrected chi connectivity index (χ3v) is 9.81. The maximum atomic E-state index is 9.02. The fourth-order valence-corrected chi connectivity index (χ4v) is 3.88. The number of nitrogens with zero attached hydrogens (tertiary/aromatic N) is 1. The van der Waals surface area contributed by atoms with Gasteiger partial charge in [-0.05, 0) is 32.0 Å². The summed E-state index contributed by atoms with van der Waals surface area (Å²) in [4.78, 5) is 5.68. The molecule has 21 heavy (non-hydrogen) atoms. The lowest BCUT2D eigenvalue weighted by Crippen LogP contribution is -2.41. The smallest absolute Gasteiger partial charge is 0.193 e. The monoisotopic (exact) mass is 330 g/mol. The molecule has 1 heterocycles. The number of aliphatic hydroxyl groups excluding tert-OH is 1. The van der Waals surface area contributed by atoms with Gasteiger partial charge in [-0.2, -0.15) is 0 Å². The van der Waals surface area contributed by atoms with Crippen LogP contribution in [0.15, 0.2) is 6.20 Å². The van der Waals surface area contributed by atoms with Gasteiger partial charge in [0.25, 0.3) is 0 Å². The van der Waals surface area contributed by atoms with Gasteiger partial charge in [0.2, 0.25) is 0 Å². The van der Waals surface area contributed by atoms with Gasteiger partial charge in [0.15, 0.2) is 8.32 Å². The zero-order valence-corrected chi connectivity index (χ0v) is 16.2. The average molecular weight is 331 g/mol. The van der Waals surface area contributed by atoms with Crippen molar-refractivity contribution in [2.24, 2.45) is 0 Å². The van der Waals surface area contributed by atoms with Crippen LogP contribution < -0.4 is 5.32 Å². The van der Waals surface area contributed by atoms with Crippen LogP contribution in [0.25, 0.3) is 0 Å². The Morgan fingerprint density at radius 1 is 1.38 bits per heavy atom. The fraction of sp³-hybridized carbons (Fsp3) is 0.800. The van der Waals surface area contributed by atoms with E-state index >= 15 is 0 Å². The van der Waals surface area contributed by atoms with Crippen molar-refractivity contribution in [1.29, 1.82) is 0 Å². The van der Waals surface area contributed by atoms with E-state index in [1.54, 1.807) is 11.3 Å². The SMILES string of the molecule is C[C@H](CO)NCc1cnc([C@H](C)O[Si](C)(C)C(C)(C)C)s1. The Morgan fingerprint density at radius 3 is 2.52 bits per heavy atom. The summed E-state index contributed by atoms with van der Waals surface area (Å²) in [7, 11) is -1.77. The van der Waals surface area contributed by atoms with E-state index in [0.717, 1.165) is 11.6 Å². The van der Waals surface area contributed by atoms with E-state index in [9.17, 15) is 0 Å². The molecule has 0 amide bonds. The van der Waals surface area contributed by atoms with Crippen LogP contribution in [0.5, 0.6) is 0 Å². The van der Waals surface area contributed by atoms with Crippen molar-refractivity contribution in [2.45, 2.75) is 71.4 Å². The van der Waals surface area contributed by atoms with E-state index in [2.05, 4.69) is 51.1 Å². The van der Waals surface area contributed by atoms with Crippen LogP contribution in [0.1, 0.15) is 50.6 Å². The van der Waals surface area contributed by atoms with Crippen molar-refractivity contribution < 1.29 is 9.53 Å². The summed E-state index contributed by atoms with van der Waals surface area (Å²) in [5.74, 6) is 0. The highest BCUT2D eigenvalue weighted by molar-refractivity contribution is 7.11. The largest absolute Gasteiger partial charge is 0.408 e. The molecule has 1 aromatic rings. The lowest BCUT2D eigenvalue weighted by molar-refractivity contribution is 0.202. The molecule has 0 unspecified atom stereocenters. The molecule has 2 atom stereocenters. The van der Waals surface area contributed by atoms with Crippen LogP contribution in [0, 0.1) is 0 Å². The minimum absolute atomic E-state index is 0.0416. The third kappa shape index (κ3) is 5.45. The summed E-state index contributed by atoms with van der Waals surface area (Å²) in [6.45, 7) is 16.2. The molecule has 2 N–H and O–H groups in total. The second-order valence-corrected chi connectivity index (χ2v) is 13.1. The maximum absolute atomic E-state index is 9.02. The van der Waals surface area contributed by atoms with Gasteiger partial charge < -0.3 is 14.8 Å². The summed E-state index contributed by atoms with van der Waals surface area (Å²) < 4.78 is 6.37. The van der Waals surface area contributed by atoms with Gasteiger partial charge in [-0.25, -0.2) is 4.98 Å². The second-order valence-electron chi connectivity index (χ2n) is 7.15. The maximum Gasteiger partial charge on any atom is 0.193 e. The zero-order valence-electron chi connectivity index (χ0n) is 14.4. The van der Waals surface area contributed by atoms with Crippen LogP contribution in [-0.2, 0) is 11.0 Å².